The quantitative estimate of drug-likeness (QED) is 0.492. The number of nitrogens with zero attached hydrogens (tertiary/aromatic N) is 1. The monoisotopic (exact) mass is 183 g/mol. The molecule has 1 aromatic rings. The van der Waals surface area contributed by atoms with E-state index in [1.165, 1.54) is 0 Å². The van der Waals surface area contributed by atoms with Crippen LogP contribution in [-0.2, 0) is 4.79 Å². The molecule has 0 fully saturated rings. The van der Waals surface area contributed by atoms with Crippen molar-refractivity contribution in [3.05, 3.63) is 34.9 Å². The van der Waals surface area contributed by atoms with Gasteiger partial charge in [-0.15, -0.1) is 0 Å². The van der Waals surface area contributed by atoms with Crippen LogP contribution in [0.1, 0.15) is 23.1 Å². The van der Waals surface area contributed by atoms with E-state index in [1.807, 2.05) is 13.0 Å². The smallest absolute Gasteiger partial charge is 0.131 e. The maximum absolute atomic E-state index is 10.0. The van der Waals surface area contributed by atoms with Crippen LogP contribution in [0.3, 0.4) is 0 Å². The topological polar surface area (TPSA) is 40.9 Å². The highest BCUT2D eigenvalue weighted by molar-refractivity contribution is 5.56. The molecule has 2 heteroatoms. The molecule has 0 aromatic heterocycles. The highest BCUT2D eigenvalue weighted by Gasteiger charge is 1.99. The van der Waals surface area contributed by atoms with E-state index in [-0.39, 0.29) is 6.42 Å². The molecule has 0 aliphatic carbocycles. The van der Waals surface area contributed by atoms with Crippen molar-refractivity contribution in [3.63, 3.8) is 0 Å². The molecule has 0 saturated carbocycles. The van der Waals surface area contributed by atoms with E-state index >= 15 is 0 Å². The van der Waals surface area contributed by atoms with Gasteiger partial charge in [-0.05, 0) is 24.6 Å². The average Bonchev–Trinajstić information content (AvgIpc) is 2.21. The minimum atomic E-state index is 0.232. The van der Waals surface area contributed by atoms with Gasteiger partial charge in [0.05, 0.1) is 18.1 Å². The van der Waals surface area contributed by atoms with E-state index in [9.17, 15) is 4.79 Å². The Morgan fingerprint density at radius 3 is 2.79 bits per heavy atom. The number of hydrogen-bond acceptors (Lipinski definition) is 2. The van der Waals surface area contributed by atoms with E-state index in [0.29, 0.717) is 5.56 Å². The Bertz CT molecular complexity index is 444. The van der Waals surface area contributed by atoms with Gasteiger partial charge in [0, 0.05) is 5.56 Å². The second-order valence-corrected chi connectivity index (χ2v) is 2.76. The summed E-state index contributed by atoms with van der Waals surface area (Å²) < 4.78 is 0. The lowest BCUT2D eigenvalue weighted by molar-refractivity contribution is -0.107. The molecule has 1 rings (SSSR count). The molecule has 0 bridgehead atoms. The summed E-state index contributed by atoms with van der Waals surface area (Å²) in [5.74, 6) is 5.57. The van der Waals surface area contributed by atoms with Gasteiger partial charge in [0.15, 0.2) is 0 Å². The van der Waals surface area contributed by atoms with Crippen molar-refractivity contribution in [1.29, 1.82) is 5.26 Å². The first-order chi connectivity index (χ1) is 6.79. The van der Waals surface area contributed by atoms with Crippen LogP contribution in [0.15, 0.2) is 18.2 Å². The van der Waals surface area contributed by atoms with Crippen molar-refractivity contribution in [2.24, 2.45) is 0 Å². The number of hydrogen-bond donors (Lipinski definition) is 0. The standard InChI is InChI=1S/C12H9NO/c1-10-11(5-2-3-8-14)6-4-7-12(10)9-13/h4,6-8H,3H2,1H3. The molecule has 0 saturated heterocycles. The number of carbonyl (C=O) groups excluding carboxylic acids is 1. The van der Waals surface area contributed by atoms with E-state index in [1.54, 1.807) is 12.1 Å². The van der Waals surface area contributed by atoms with Crippen molar-refractivity contribution >= 4 is 6.29 Å². The normalized spacial score (nSPS) is 8.29. The van der Waals surface area contributed by atoms with E-state index in [4.69, 9.17) is 5.26 Å². The van der Waals surface area contributed by atoms with Crippen LogP contribution in [0.5, 0.6) is 0 Å². The summed E-state index contributed by atoms with van der Waals surface area (Å²) in [7, 11) is 0. The van der Waals surface area contributed by atoms with Crippen molar-refractivity contribution < 1.29 is 4.79 Å². The molecular weight excluding hydrogens is 174 g/mol. The van der Waals surface area contributed by atoms with Crippen LogP contribution in [0.25, 0.3) is 0 Å². The molecule has 14 heavy (non-hydrogen) atoms. The largest absolute Gasteiger partial charge is 0.302 e. The fraction of sp³-hybridized carbons (Fsp3) is 0.167. The van der Waals surface area contributed by atoms with Gasteiger partial charge in [0.25, 0.3) is 0 Å². The number of rotatable bonds is 1. The third-order valence-electron chi connectivity index (χ3n) is 1.86. The summed E-state index contributed by atoms with van der Waals surface area (Å²) in [6.45, 7) is 1.85. The van der Waals surface area contributed by atoms with Crippen LogP contribution in [0.4, 0.5) is 0 Å². The SMILES string of the molecule is Cc1c(C#N)cccc1C#CCC=O. The van der Waals surface area contributed by atoms with E-state index in [2.05, 4.69) is 17.9 Å². The van der Waals surface area contributed by atoms with Crippen molar-refractivity contribution in [1.82, 2.24) is 0 Å². The zero-order valence-electron chi connectivity index (χ0n) is 7.87. The molecule has 0 aliphatic heterocycles. The van der Waals surface area contributed by atoms with Gasteiger partial charge in [-0.1, -0.05) is 17.9 Å². The average molecular weight is 183 g/mol. The van der Waals surface area contributed by atoms with Gasteiger partial charge in [0.1, 0.15) is 6.29 Å². The van der Waals surface area contributed by atoms with Crippen LogP contribution >= 0.6 is 0 Å². The Kier molecular flexibility index (Phi) is 3.47. The number of carbonyl (C=O) groups is 1. The molecule has 0 heterocycles. The minimum Gasteiger partial charge on any atom is -0.302 e. The lowest BCUT2D eigenvalue weighted by atomic mass is 10.0. The molecule has 0 aliphatic rings. The van der Waals surface area contributed by atoms with Crippen molar-refractivity contribution in [2.45, 2.75) is 13.3 Å². The first-order valence-corrected chi connectivity index (χ1v) is 4.22. The summed E-state index contributed by atoms with van der Waals surface area (Å²) in [6, 6.07) is 7.47. The van der Waals surface area contributed by atoms with Crippen LogP contribution in [-0.4, -0.2) is 6.29 Å². The highest BCUT2D eigenvalue weighted by Crippen LogP contribution is 2.11. The van der Waals surface area contributed by atoms with Gasteiger partial charge < -0.3 is 4.79 Å². The Morgan fingerprint density at radius 2 is 2.14 bits per heavy atom. The summed E-state index contributed by atoms with van der Waals surface area (Å²) in [5, 5.41) is 8.76. The molecular formula is C12H9NO. The predicted molar refractivity (Wildman–Crippen MR) is 53.5 cm³/mol. The maximum Gasteiger partial charge on any atom is 0.131 e. The van der Waals surface area contributed by atoms with E-state index < -0.39 is 0 Å². The molecule has 68 valence electrons. The summed E-state index contributed by atoms with van der Waals surface area (Å²) in [6.07, 6.45) is 0.993. The summed E-state index contributed by atoms with van der Waals surface area (Å²) in [4.78, 5) is 10.0. The second-order valence-electron chi connectivity index (χ2n) is 2.76. The summed E-state index contributed by atoms with van der Waals surface area (Å²) >= 11 is 0. The molecule has 1 aromatic carbocycles. The van der Waals surface area contributed by atoms with E-state index in [0.717, 1.165) is 17.4 Å². The Balaban J connectivity index is 3.07. The third-order valence-corrected chi connectivity index (χ3v) is 1.86. The second kappa shape index (κ2) is 4.84. The van der Waals surface area contributed by atoms with Gasteiger partial charge in [0.2, 0.25) is 0 Å². The molecule has 0 spiro atoms. The van der Waals surface area contributed by atoms with Crippen LogP contribution in [0, 0.1) is 30.1 Å². The Hall–Kier alpha value is -2.06. The molecule has 0 atom stereocenters. The van der Waals surface area contributed by atoms with Gasteiger partial charge in [-0.3, -0.25) is 0 Å². The number of nitriles is 1. The predicted octanol–water partition coefficient (Wildman–Crippen LogP) is 1.81. The fourth-order valence-electron chi connectivity index (χ4n) is 1.08. The first-order valence-electron chi connectivity index (χ1n) is 4.22. The third kappa shape index (κ3) is 2.21. The van der Waals surface area contributed by atoms with Crippen molar-refractivity contribution in [2.75, 3.05) is 0 Å². The number of benzene rings is 1. The van der Waals surface area contributed by atoms with Crippen molar-refractivity contribution in [3.8, 4) is 17.9 Å². The molecule has 2 nitrogen and oxygen atoms in total. The first kappa shape index (κ1) is 10.0. The van der Waals surface area contributed by atoms with Crippen LogP contribution in [0.2, 0.25) is 0 Å². The molecule has 0 unspecified atom stereocenters. The van der Waals surface area contributed by atoms with Gasteiger partial charge >= 0.3 is 0 Å². The lowest BCUT2D eigenvalue weighted by Gasteiger charge is -1.98. The zero-order chi connectivity index (χ0) is 10.4. The number of aldehydes is 1. The lowest BCUT2D eigenvalue weighted by Crippen LogP contribution is -1.86. The maximum atomic E-state index is 10.0. The highest BCUT2D eigenvalue weighted by atomic mass is 16.1. The molecule has 0 radical (unpaired) electrons. The molecule has 0 N–H and O–H groups in total. The van der Waals surface area contributed by atoms with Crippen LogP contribution < -0.4 is 0 Å². The van der Waals surface area contributed by atoms with Gasteiger partial charge in [-0.25, -0.2) is 0 Å². The van der Waals surface area contributed by atoms with Gasteiger partial charge in [-0.2, -0.15) is 5.26 Å². The summed E-state index contributed by atoms with van der Waals surface area (Å²) in [5.41, 5.74) is 2.31. The Morgan fingerprint density at radius 1 is 1.43 bits per heavy atom. The Labute approximate surface area is 83.2 Å². The molecule has 0 amide bonds. The minimum absolute atomic E-state index is 0.232. The fourth-order valence-corrected chi connectivity index (χ4v) is 1.08. The zero-order valence-corrected chi connectivity index (χ0v) is 7.87.